The van der Waals surface area contributed by atoms with Crippen LogP contribution in [0.25, 0.3) is 0 Å². The molecule has 0 radical (unpaired) electrons. The van der Waals surface area contributed by atoms with Gasteiger partial charge in [-0.05, 0) is 30.2 Å². The molecule has 2 aliphatic heterocycles. The Bertz CT molecular complexity index is 756. The van der Waals surface area contributed by atoms with Gasteiger partial charge in [-0.1, -0.05) is 13.0 Å². The normalized spacial score (nSPS) is 22.8. The summed E-state index contributed by atoms with van der Waals surface area (Å²) in [5.41, 5.74) is 1.50. The van der Waals surface area contributed by atoms with Crippen molar-refractivity contribution in [3.05, 3.63) is 51.8 Å². The van der Waals surface area contributed by atoms with Gasteiger partial charge in [-0.15, -0.1) is 30.1 Å². The van der Waals surface area contributed by atoms with Gasteiger partial charge in [-0.3, -0.25) is 0 Å². The molecule has 0 atom stereocenters. The lowest BCUT2D eigenvalue weighted by Gasteiger charge is -2.36. The molecule has 0 aliphatic carbocycles. The zero-order valence-electron chi connectivity index (χ0n) is 14.7. The number of carbonyl (C=O) groups is 2. The number of hydrogen-bond donors (Lipinski definition) is 0. The smallest absolute Gasteiger partial charge is 0.350 e. The molecule has 0 N–H and O–H groups in total. The van der Waals surface area contributed by atoms with Crippen LogP contribution in [-0.2, 0) is 31.3 Å². The monoisotopic (exact) mass is 392 g/mol. The molecule has 0 unspecified atom stereocenters. The minimum Gasteiger partial charge on any atom is -0.496 e. The van der Waals surface area contributed by atoms with Crippen molar-refractivity contribution >= 4 is 35.5 Å². The highest BCUT2D eigenvalue weighted by Gasteiger charge is 2.48. The average Bonchev–Trinajstić information content (AvgIpc) is 3.15. The molecule has 2 heterocycles. The largest absolute Gasteiger partial charge is 0.496 e. The maximum atomic E-state index is 12.6. The molecule has 0 bridgehead atoms. The molecule has 0 amide bonds. The van der Waals surface area contributed by atoms with Crippen molar-refractivity contribution in [1.29, 1.82) is 0 Å². The summed E-state index contributed by atoms with van der Waals surface area (Å²) in [5.74, 6) is -0.232. The van der Waals surface area contributed by atoms with E-state index in [0.29, 0.717) is 28.4 Å². The van der Waals surface area contributed by atoms with Crippen molar-refractivity contribution in [2.75, 3.05) is 18.6 Å². The second-order valence-electron chi connectivity index (χ2n) is 5.76. The topological polar surface area (TPSA) is 61.8 Å². The molecule has 1 aromatic carbocycles. The van der Waals surface area contributed by atoms with Crippen LogP contribution in [0.2, 0.25) is 0 Å². The van der Waals surface area contributed by atoms with E-state index in [1.54, 1.807) is 25.3 Å². The van der Waals surface area contributed by atoms with E-state index in [9.17, 15) is 9.59 Å². The number of benzene rings is 1. The highest BCUT2D eigenvalue weighted by Crippen LogP contribution is 2.44. The summed E-state index contributed by atoms with van der Waals surface area (Å²) in [6.45, 7) is 5.57. The number of hydrogen-bond acceptors (Lipinski definition) is 7. The Morgan fingerprint density at radius 1 is 1.23 bits per heavy atom. The summed E-state index contributed by atoms with van der Waals surface area (Å²) in [6.07, 6.45) is 2.66. The fraction of sp³-hybridized carbons (Fsp3) is 0.368. The maximum absolute atomic E-state index is 12.6. The summed E-state index contributed by atoms with van der Waals surface area (Å²) < 4.78 is 17.4. The molecular formula is C19H20O5S2. The van der Waals surface area contributed by atoms with Gasteiger partial charge in [-0.2, -0.15) is 0 Å². The van der Waals surface area contributed by atoms with Crippen molar-refractivity contribution in [3.63, 3.8) is 0 Å². The molecule has 138 valence electrons. The van der Waals surface area contributed by atoms with Gasteiger partial charge in [-0.25, -0.2) is 9.59 Å². The van der Waals surface area contributed by atoms with E-state index in [4.69, 9.17) is 14.2 Å². The standard InChI is InChI=1S/C19H20O5S2/c1-4-6-12-11-13(7-8-14(12)22-3)19(5-2)23-16(20)15(17(21)24-19)18-25-9-10-26-18/h4,7-8,11H,1,5-6,9-10H2,2-3H3. The van der Waals surface area contributed by atoms with Gasteiger partial charge in [0, 0.05) is 23.5 Å². The molecule has 3 rings (SSSR count). The van der Waals surface area contributed by atoms with E-state index >= 15 is 0 Å². The van der Waals surface area contributed by atoms with Crippen LogP contribution in [0.3, 0.4) is 0 Å². The summed E-state index contributed by atoms with van der Waals surface area (Å²) in [6, 6.07) is 5.37. The fourth-order valence-electron chi connectivity index (χ4n) is 2.92. The second-order valence-corrected chi connectivity index (χ2v) is 8.23. The Balaban J connectivity index is 1.99. The third kappa shape index (κ3) is 3.38. The Labute approximate surface area is 161 Å². The van der Waals surface area contributed by atoms with Crippen LogP contribution in [0, 0.1) is 0 Å². The first-order valence-electron chi connectivity index (χ1n) is 8.29. The summed E-state index contributed by atoms with van der Waals surface area (Å²) in [5, 5.41) is 0. The summed E-state index contributed by atoms with van der Waals surface area (Å²) in [7, 11) is 1.59. The van der Waals surface area contributed by atoms with E-state index in [0.717, 1.165) is 17.1 Å². The lowest BCUT2D eigenvalue weighted by Crippen LogP contribution is -2.44. The van der Waals surface area contributed by atoms with E-state index in [1.165, 1.54) is 23.5 Å². The van der Waals surface area contributed by atoms with Crippen molar-refractivity contribution < 1.29 is 23.8 Å². The van der Waals surface area contributed by atoms with Crippen molar-refractivity contribution in [2.45, 2.75) is 25.6 Å². The molecular weight excluding hydrogens is 372 g/mol. The molecule has 0 saturated carbocycles. The molecule has 1 aromatic rings. The maximum Gasteiger partial charge on any atom is 0.350 e. The van der Waals surface area contributed by atoms with Crippen LogP contribution >= 0.6 is 23.5 Å². The molecule has 2 saturated heterocycles. The first kappa shape index (κ1) is 18.9. The Morgan fingerprint density at radius 3 is 2.42 bits per heavy atom. The number of allylic oxidation sites excluding steroid dienone is 1. The van der Waals surface area contributed by atoms with Gasteiger partial charge in [0.15, 0.2) is 5.57 Å². The highest BCUT2D eigenvalue weighted by molar-refractivity contribution is 8.25. The molecule has 0 spiro atoms. The molecule has 0 aromatic heterocycles. The molecule has 2 fully saturated rings. The number of thioether (sulfide) groups is 2. The molecule has 7 heteroatoms. The van der Waals surface area contributed by atoms with Crippen LogP contribution in [-0.4, -0.2) is 30.6 Å². The predicted octanol–water partition coefficient (Wildman–Crippen LogP) is 3.78. The lowest BCUT2D eigenvalue weighted by atomic mass is 9.97. The van der Waals surface area contributed by atoms with Crippen molar-refractivity contribution in [1.82, 2.24) is 0 Å². The average molecular weight is 392 g/mol. The zero-order chi connectivity index (χ0) is 18.7. The Kier molecular flexibility index (Phi) is 5.67. The van der Waals surface area contributed by atoms with Gasteiger partial charge < -0.3 is 14.2 Å². The van der Waals surface area contributed by atoms with E-state index < -0.39 is 17.7 Å². The van der Waals surface area contributed by atoms with Crippen molar-refractivity contribution in [2.24, 2.45) is 0 Å². The third-order valence-corrected chi connectivity index (χ3v) is 6.94. The van der Waals surface area contributed by atoms with E-state index in [2.05, 4.69) is 6.58 Å². The molecule has 26 heavy (non-hydrogen) atoms. The minimum atomic E-state index is -1.42. The second kappa shape index (κ2) is 7.80. The zero-order valence-corrected chi connectivity index (χ0v) is 16.3. The number of esters is 2. The molecule has 2 aliphatic rings. The SMILES string of the molecule is C=CCc1cc(C2(CC)OC(=O)C(=C3SCCS3)C(=O)O2)ccc1OC. The number of carbonyl (C=O) groups excluding carboxylic acids is 2. The predicted molar refractivity (Wildman–Crippen MR) is 103 cm³/mol. The first-order valence-corrected chi connectivity index (χ1v) is 10.3. The van der Waals surface area contributed by atoms with Gasteiger partial charge in [0.2, 0.25) is 0 Å². The number of cyclic esters (lactones) is 2. The third-order valence-electron chi connectivity index (χ3n) is 4.23. The van der Waals surface area contributed by atoms with E-state index in [-0.39, 0.29) is 5.57 Å². The van der Waals surface area contributed by atoms with Gasteiger partial charge in [0.1, 0.15) is 5.75 Å². The summed E-state index contributed by atoms with van der Waals surface area (Å²) in [4.78, 5) is 25.2. The number of rotatable bonds is 5. The van der Waals surface area contributed by atoms with Crippen LogP contribution in [0.5, 0.6) is 5.75 Å². The van der Waals surface area contributed by atoms with E-state index in [1.807, 2.05) is 13.0 Å². The quantitative estimate of drug-likeness (QED) is 0.327. The van der Waals surface area contributed by atoms with Crippen molar-refractivity contribution in [3.8, 4) is 5.75 Å². The van der Waals surface area contributed by atoms with Gasteiger partial charge in [0.05, 0.1) is 11.3 Å². The molecule has 5 nitrogen and oxygen atoms in total. The van der Waals surface area contributed by atoms with Crippen LogP contribution < -0.4 is 4.74 Å². The first-order chi connectivity index (χ1) is 12.5. The Hall–Kier alpha value is -1.86. The van der Waals surface area contributed by atoms with Crippen LogP contribution in [0.15, 0.2) is 40.7 Å². The number of methoxy groups -OCH3 is 1. The lowest BCUT2D eigenvalue weighted by molar-refractivity contribution is -0.242. The van der Waals surface area contributed by atoms with Crippen LogP contribution in [0.4, 0.5) is 0 Å². The van der Waals surface area contributed by atoms with Crippen LogP contribution in [0.1, 0.15) is 24.5 Å². The Morgan fingerprint density at radius 2 is 1.88 bits per heavy atom. The minimum absolute atomic E-state index is 0.0152. The highest BCUT2D eigenvalue weighted by atomic mass is 32.2. The summed E-state index contributed by atoms with van der Waals surface area (Å²) >= 11 is 2.97. The van der Waals surface area contributed by atoms with Gasteiger partial charge >= 0.3 is 11.9 Å². The number of ether oxygens (including phenoxy) is 3. The fourth-order valence-corrected chi connectivity index (χ4v) is 5.42. The van der Waals surface area contributed by atoms with Gasteiger partial charge in [0.25, 0.3) is 5.79 Å².